The summed E-state index contributed by atoms with van der Waals surface area (Å²) in [5, 5.41) is 4.85. The molecule has 3 heterocycles. The monoisotopic (exact) mass is 908 g/mol. The summed E-state index contributed by atoms with van der Waals surface area (Å²) in [4.78, 5) is 10.8. The Morgan fingerprint density at radius 3 is 1.27 bits per heavy atom. The van der Waals surface area contributed by atoms with Gasteiger partial charge in [0.2, 0.25) is 0 Å². The summed E-state index contributed by atoms with van der Waals surface area (Å²) in [6.45, 7) is 6.67. The second-order valence-electron chi connectivity index (χ2n) is 18.8. The van der Waals surface area contributed by atoms with Crippen molar-refractivity contribution in [2.24, 2.45) is 0 Å². The van der Waals surface area contributed by atoms with Crippen molar-refractivity contribution in [2.45, 2.75) is 20.8 Å². The van der Waals surface area contributed by atoms with E-state index >= 15 is 0 Å². The number of para-hydroxylation sites is 2. The van der Waals surface area contributed by atoms with Gasteiger partial charge in [0.15, 0.2) is 5.82 Å². The van der Waals surface area contributed by atoms with Crippen LogP contribution in [0.15, 0.2) is 237 Å². The highest BCUT2D eigenvalue weighted by Crippen LogP contribution is 2.46. The Balaban J connectivity index is 1.14. The van der Waals surface area contributed by atoms with Gasteiger partial charge in [0, 0.05) is 55.0 Å². The molecule has 0 fully saturated rings. The number of benzene rings is 10. The lowest BCUT2D eigenvalue weighted by Gasteiger charge is -2.21. The zero-order chi connectivity index (χ0) is 47.6. The molecule has 0 atom stereocenters. The van der Waals surface area contributed by atoms with Gasteiger partial charge in [-0.1, -0.05) is 181 Å². The maximum atomic E-state index is 5.38. The Hall–Kier alpha value is -9.12. The molecular weight excluding hydrogens is 861 g/mol. The molecule has 0 unspecified atom stereocenters. The minimum atomic E-state index is 0.664. The van der Waals surface area contributed by atoms with E-state index in [1.54, 1.807) is 0 Å². The topological polar surface area (TPSA) is 35.6 Å². The van der Waals surface area contributed by atoms with E-state index in [0.717, 1.165) is 72.7 Å². The molecule has 0 amide bonds. The summed E-state index contributed by atoms with van der Waals surface area (Å²) in [5.74, 6) is 0.664. The Morgan fingerprint density at radius 1 is 0.310 bits per heavy atom. The lowest BCUT2D eigenvalue weighted by atomic mass is 9.92. The highest BCUT2D eigenvalue weighted by molar-refractivity contribution is 6.14. The van der Waals surface area contributed by atoms with Gasteiger partial charge in [-0.3, -0.25) is 0 Å². The van der Waals surface area contributed by atoms with Crippen molar-refractivity contribution in [3.63, 3.8) is 0 Å². The summed E-state index contributed by atoms with van der Waals surface area (Å²) in [6, 6.07) is 85.5. The molecule has 0 bridgehead atoms. The quantitative estimate of drug-likeness (QED) is 0.152. The fraction of sp³-hybridized carbons (Fsp3) is 0.0448. The zero-order valence-electron chi connectivity index (χ0n) is 39.8. The Labute approximate surface area is 413 Å². The average Bonchev–Trinajstić information content (AvgIpc) is 3.93. The van der Waals surface area contributed by atoms with E-state index in [2.05, 4.69) is 254 Å². The van der Waals surface area contributed by atoms with Crippen LogP contribution in [0.3, 0.4) is 0 Å². The van der Waals surface area contributed by atoms with Crippen molar-refractivity contribution in [3.8, 4) is 78.7 Å². The van der Waals surface area contributed by atoms with Crippen LogP contribution >= 0.6 is 0 Å². The zero-order valence-corrected chi connectivity index (χ0v) is 39.8. The molecule has 71 heavy (non-hydrogen) atoms. The van der Waals surface area contributed by atoms with Crippen LogP contribution < -0.4 is 0 Å². The van der Waals surface area contributed by atoms with Crippen LogP contribution in [0.25, 0.3) is 122 Å². The third-order valence-corrected chi connectivity index (χ3v) is 14.2. The Morgan fingerprint density at radius 2 is 0.746 bits per heavy atom. The number of aromatic nitrogens is 4. The Bertz CT molecular complexity index is 3970. The largest absolute Gasteiger partial charge is 0.309 e. The standard InChI is InChI=1S/C67H48N4/c1-43-36-44(2)65(45(3)37-43)50-32-34-63-57(38-50)58-41-52(70-61-30-18-16-28-53(61)54-29-17-19-31-62(54)70)33-35-64(58)71(63)66-55(46-20-8-4-9-21-46)39-51(40-56(66)47-22-10-5-11-23-47)67-68-59(48-24-12-6-13-25-48)42-60(69-67)49-26-14-7-15-27-49/h4-42H,1-3H3. The molecule has 0 saturated carbocycles. The summed E-state index contributed by atoms with van der Waals surface area (Å²) < 4.78 is 4.95. The number of aryl methyl sites for hydroxylation is 3. The van der Waals surface area contributed by atoms with E-state index in [0.29, 0.717) is 5.82 Å². The number of nitrogens with zero attached hydrogens (tertiary/aromatic N) is 4. The molecule has 0 spiro atoms. The lowest BCUT2D eigenvalue weighted by molar-refractivity contribution is 1.16. The first-order valence-corrected chi connectivity index (χ1v) is 24.4. The van der Waals surface area contributed by atoms with Crippen molar-refractivity contribution in [1.82, 2.24) is 19.1 Å². The van der Waals surface area contributed by atoms with Crippen molar-refractivity contribution in [2.75, 3.05) is 0 Å². The van der Waals surface area contributed by atoms with Gasteiger partial charge in [-0.25, -0.2) is 9.97 Å². The first-order valence-electron chi connectivity index (χ1n) is 24.4. The maximum Gasteiger partial charge on any atom is 0.160 e. The van der Waals surface area contributed by atoms with Gasteiger partial charge in [0.1, 0.15) is 0 Å². The smallest absolute Gasteiger partial charge is 0.160 e. The number of hydrogen-bond donors (Lipinski definition) is 0. The van der Waals surface area contributed by atoms with Crippen LogP contribution in [0, 0.1) is 20.8 Å². The second kappa shape index (κ2) is 17.1. The molecule has 0 aliphatic carbocycles. The van der Waals surface area contributed by atoms with Gasteiger partial charge in [-0.05, 0) is 115 Å². The molecule has 3 aromatic heterocycles. The van der Waals surface area contributed by atoms with Gasteiger partial charge in [0.25, 0.3) is 0 Å². The molecule has 13 aromatic rings. The number of fused-ring (bicyclic) bond motifs is 6. The van der Waals surface area contributed by atoms with Crippen LogP contribution in [0.2, 0.25) is 0 Å². The summed E-state index contributed by atoms with van der Waals surface area (Å²) in [6.07, 6.45) is 0. The third kappa shape index (κ3) is 7.23. The van der Waals surface area contributed by atoms with Gasteiger partial charge >= 0.3 is 0 Å². The Kier molecular flexibility index (Phi) is 10.1. The summed E-state index contributed by atoms with van der Waals surface area (Å²) in [7, 11) is 0. The van der Waals surface area contributed by atoms with Crippen molar-refractivity contribution in [3.05, 3.63) is 253 Å². The minimum Gasteiger partial charge on any atom is -0.309 e. The number of hydrogen-bond acceptors (Lipinski definition) is 2. The third-order valence-electron chi connectivity index (χ3n) is 14.2. The van der Waals surface area contributed by atoms with Crippen LogP contribution in [-0.4, -0.2) is 19.1 Å². The average molecular weight is 909 g/mol. The van der Waals surface area contributed by atoms with Crippen LogP contribution in [-0.2, 0) is 0 Å². The molecule has 0 radical (unpaired) electrons. The molecule has 4 heteroatoms. The van der Waals surface area contributed by atoms with Crippen LogP contribution in [0.1, 0.15) is 16.7 Å². The SMILES string of the molecule is Cc1cc(C)c(-c2ccc3c(c2)c2cc(-n4c5ccccc5c5ccccc54)ccc2n3-c2c(-c3ccccc3)cc(-c3nc(-c4ccccc4)cc(-c4ccccc4)n3)cc2-c2ccccc2)c(C)c1. The van der Waals surface area contributed by atoms with Crippen LogP contribution in [0.4, 0.5) is 0 Å². The second-order valence-corrected chi connectivity index (χ2v) is 18.8. The van der Waals surface area contributed by atoms with Gasteiger partial charge in [-0.15, -0.1) is 0 Å². The molecule has 0 saturated heterocycles. The first-order chi connectivity index (χ1) is 34.9. The van der Waals surface area contributed by atoms with Gasteiger partial charge in [0.05, 0.1) is 39.1 Å². The summed E-state index contributed by atoms with van der Waals surface area (Å²) in [5.41, 5.74) is 22.3. The highest BCUT2D eigenvalue weighted by Gasteiger charge is 2.24. The molecule has 0 N–H and O–H groups in total. The molecule has 336 valence electrons. The summed E-state index contributed by atoms with van der Waals surface area (Å²) >= 11 is 0. The molecule has 0 aliphatic heterocycles. The normalized spacial score (nSPS) is 11.6. The molecule has 4 nitrogen and oxygen atoms in total. The van der Waals surface area contributed by atoms with Gasteiger partial charge < -0.3 is 9.13 Å². The molecular formula is C67H48N4. The van der Waals surface area contributed by atoms with E-state index < -0.39 is 0 Å². The highest BCUT2D eigenvalue weighted by atomic mass is 15.0. The fourth-order valence-corrected chi connectivity index (χ4v) is 11.2. The van der Waals surface area contributed by atoms with Crippen molar-refractivity contribution in [1.29, 1.82) is 0 Å². The lowest BCUT2D eigenvalue weighted by Crippen LogP contribution is -2.03. The van der Waals surface area contributed by atoms with Gasteiger partial charge in [-0.2, -0.15) is 0 Å². The predicted octanol–water partition coefficient (Wildman–Crippen LogP) is 17.6. The van der Waals surface area contributed by atoms with E-state index in [1.807, 2.05) is 12.1 Å². The van der Waals surface area contributed by atoms with Crippen molar-refractivity contribution >= 4 is 43.6 Å². The minimum absolute atomic E-state index is 0.664. The maximum absolute atomic E-state index is 5.38. The number of rotatable bonds is 8. The van der Waals surface area contributed by atoms with E-state index in [9.17, 15) is 0 Å². The predicted molar refractivity (Wildman–Crippen MR) is 298 cm³/mol. The van der Waals surface area contributed by atoms with E-state index in [4.69, 9.17) is 9.97 Å². The van der Waals surface area contributed by atoms with Crippen LogP contribution in [0.5, 0.6) is 0 Å². The van der Waals surface area contributed by atoms with Crippen molar-refractivity contribution < 1.29 is 0 Å². The first kappa shape index (κ1) is 42.0. The van der Waals surface area contributed by atoms with E-state index in [-0.39, 0.29) is 0 Å². The molecule has 13 rings (SSSR count). The molecule has 10 aromatic carbocycles. The van der Waals surface area contributed by atoms with E-state index in [1.165, 1.54) is 60.4 Å². The fourth-order valence-electron chi connectivity index (χ4n) is 11.2. The molecule has 0 aliphatic rings.